The molecule has 0 heterocycles. The van der Waals surface area contributed by atoms with E-state index in [2.05, 4.69) is 0 Å². The Morgan fingerprint density at radius 2 is 1.82 bits per heavy atom. The molecule has 0 aliphatic heterocycles. The highest BCUT2D eigenvalue weighted by Crippen LogP contribution is 2.32. The molecule has 2 aromatic rings. The van der Waals surface area contributed by atoms with Crippen LogP contribution in [0.1, 0.15) is 0 Å². The fourth-order valence-corrected chi connectivity index (χ4v) is 1.96. The van der Waals surface area contributed by atoms with Gasteiger partial charge in [0.2, 0.25) is 0 Å². The van der Waals surface area contributed by atoms with Crippen LogP contribution in [0.3, 0.4) is 0 Å². The van der Waals surface area contributed by atoms with Gasteiger partial charge in [-0.15, -0.1) is 0 Å². The minimum atomic E-state index is -0.289. The fourth-order valence-electron chi connectivity index (χ4n) is 1.65. The van der Waals surface area contributed by atoms with Gasteiger partial charge < -0.3 is 10.6 Å². The van der Waals surface area contributed by atoms with Crippen molar-refractivity contribution in [3.63, 3.8) is 0 Å². The lowest BCUT2D eigenvalue weighted by Gasteiger charge is -2.21. The van der Waals surface area contributed by atoms with Gasteiger partial charge in [0, 0.05) is 12.7 Å². The topological polar surface area (TPSA) is 29.3 Å². The molecule has 2 aromatic carbocycles. The van der Waals surface area contributed by atoms with E-state index in [0.717, 1.165) is 0 Å². The van der Waals surface area contributed by atoms with E-state index in [-0.39, 0.29) is 5.82 Å². The van der Waals surface area contributed by atoms with E-state index >= 15 is 0 Å². The second-order valence-electron chi connectivity index (χ2n) is 3.72. The van der Waals surface area contributed by atoms with Crippen molar-refractivity contribution in [3.8, 4) is 0 Å². The summed E-state index contributed by atoms with van der Waals surface area (Å²) in [7, 11) is 1.76. The van der Waals surface area contributed by atoms with E-state index in [0.29, 0.717) is 22.1 Å². The van der Waals surface area contributed by atoms with Gasteiger partial charge in [0.1, 0.15) is 5.82 Å². The summed E-state index contributed by atoms with van der Waals surface area (Å²) in [5.41, 5.74) is 7.39. The maximum atomic E-state index is 13.6. The molecule has 2 rings (SSSR count). The molecule has 88 valence electrons. The lowest BCUT2D eigenvalue weighted by molar-refractivity contribution is 0.627. The average Bonchev–Trinajstić information content (AvgIpc) is 2.29. The van der Waals surface area contributed by atoms with Crippen LogP contribution in [0.5, 0.6) is 0 Å². The highest BCUT2D eigenvalue weighted by molar-refractivity contribution is 6.33. The minimum absolute atomic E-state index is 0.289. The molecule has 0 atom stereocenters. The van der Waals surface area contributed by atoms with E-state index in [4.69, 9.17) is 17.3 Å². The van der Waals surface area contributed by atoms with E-state index < -0.39 is 0 Å². The van der Waals surface area contributed by atoms with Crippen molar-refractivity contribution >= 4 is 28.7 Å². The molecule has 0 bridgehead atoms. The third-order valence-electron chi connectivity index (χ3n) is 2.55. The Hall–Kier alpha value is -1.74. The smallest absolute Gasteiger partial charge is 0.146 e. The van der Waals surface area contributed by atoms with E-state index in [1.807, 2.05) is 0 Å². The van der Waals surface area contributed by atoms with Crippen molar-refractivity contribution < 1.29 is 4.39 Å². The summed E-state index contributed by atoms with van der Waals surface area (Å²) in [5, 5.41) is 0.496. The number of para-hydroxylation sites is 1. The minimum Gasteiger partial charge on any atom is -0.399 e. The van der Waals surface area contributed by atoms with Crippen LogP contribution in [-0.4, -0.2) is 7.05 Å². The number of nitrogens with zero attached hydrogens (tertiary/aromatic N) is 1. The number of hydrogen-bond acceptors (Lipinski definition) is 2. The summed E-state index contributed by atoms with van der Waals surface area (Å²) in [5.74, 6) is -0.289. The summed E-state index contributed by atoms with van der Waals surface area (Å²) in [4.78, 5) is 1.69. The van der Waals surface area contributed by atoms with E-state index in [1.165, 1.54) is 6.07 Å². The zero-order chi connectivity index (χ0) is 12.4. The maximum Gasteiger partial charge on any atom is 0.146 e. The lowest BCUT2D eigenvalue weighted by Crippen LogP contribution is -2.11. The Morgan fingerprint density at radius 3 is 2.47 bits per heavy atom. The molecule has 0 saturated heterocycles. The fraction of sp³-hybridized carbons (Fsp3) is 0.0769. The van der Waals surface area contributed by atoms with Gasteiger partial charge >= 0.3 is 0 Å². The second kappa shape index (κ2) is 4.63. The third-order valence-corrected chi connectivity index (χ3v) is 2.85. The van der Waals surface area contributed by atoms with Crippen molar-refractivity contribution in [2.24, 2.45) is 0 Å². The molecular weight excluding hydrogens is 239 g/mol. The molecule has 4 heteroatoms. The van der Waals surface area contributed by atoms with Crippen molar-refractivity contribution in [2.75, 3.05) is 17.7 Å². The largest absolute Gasteiger partial charge is 0.399 e. The van der Waals surface area contributed by atoms with Crippen LogP contribution >= 0.6 is 11.6 Å². The predicted octanol–water partition coefficient (Wildman–Crippen LogP) is 3.83. The van der Waals surface area contributed by atoms with Crippen LogP contribution in [0.2, 0.25) is 5.02 Å². The Bertz CT molecular complexity index is 543. The molecule has 0 aromatic heterocycles. The molecule has 0 unspecified atom stereocenters. The Morgan fingerprint density at radius 1 is 1.12 bits per heavy atom. The molecule has 2 nitrogen and oxygen atoms in total. The summed E-state index contributed by atoms with van der Waals surface area (Å²) in [6.45, 7) is 0. The third kappa shape index (κ3) is 2.34. The Balaban J connectivity index is 2.44. The number of hydrogen-bond donors (Lipinski definition) is 1. The van der Waals surface area contributed by atoms with Gasteiger partial charge in [-0.05, 0) is 30.3 Å². The highest BCUT2D eigenvalue weighted by atomic mass is 35.5. The second-order valence-corrected chi connectivity index (χ2v) is 4.13. The van der Waals surface area contributed by atoms with Gasteiger partial charge in [-0.25, -0.2) is 4.39 Å². The summed E-state index contributed by atoms with van der Waals surface area (Å²) >= 11 is 6.08. The first-order chi connectivity index (χ1) is 8.09. The van der Waals surface area contributed by atoms with Crippen LogP contribution in [-0.2, 0) is 0 Å². The SMILES string of the molecule is CN(c1ccccc1F)c1ccc(N)cc1Cl. The normalized spacial score (nSPS) is 10.3. The van der Waals surface area contributed by atoms with Gasteiger partial charge in [0.25, 0.3) is 0 Å². The van der Waals surface area contributed by atoms with Crippen LogP contribution < -0.4 is 10.6 Å². The standard InChI is InChI=1S/C13H12ClFN2/c1-17(13-5-3-2-4-11(13)15)12-7-6-9(16)8-10(12)14/h2-8H,16H2,1H3. The van der Waals surface area contributed by atoms with Gasteiger partial charge in [0.05, 0.1) is 16.4 Å². The zero-order valence-electron chi connectivity index (χ0n) is 9.32. The first-order valence-corrected chi connectivity index (χ1v) is 5.50. The molecule has 0 amide bonds. The molecule has 0 radical (unpaired) electrons. The van der Waals surface area contributed by atoms with Crippen molar-refractivity contribution in [1.82, 2.24) is 0 Å². The van der Waals surface area contributed by atoms with Crippen LogP contribution in [0.25, 0.3) is 0 Å². The first kappa shape index (κ1) is 11.7. The van der Waals surface area contributed by atoms with Gasteiger partial charge in [-0.3, -0.25) is 0 Å². The number of halogens is 2. The molecule has 0 saturated carbocycles. The average molecular weight is 251 g/mol. The number of nitrogen functional groups attached to an aromatic ring is 1. The van der Waals surface area contributed by atoms with Crippen LogP contribution in [0.4, 0.5) is 21.5 Å². The maximum absolute atomic E-state index is 13.6. The Labute approximate surface area is 104 Å². The summed E-state index contributed by atoms with van der Waals surface area (Å²) in [6.07, 6.45) is 0. The van der Waals surface area contributed by atoms with E-state index in [1.54, 1.807) is 48.3 Å². The van der Waals surface area contributed by atoms with Crippen molar-refractivity contribution in [2.45, 2.75) is 0 Å². The highest BCUT2D eigenvalue weighted by Gasteiger charge is 2.11. The quantitative estimate of drug-likeness (QED) is 0.821. The zero-order valence-corrected chi connectivity index (χ0v) is 10.1. The number of nitrogens with two attached hydrogens (primary N) is 1. The monoisotopic (exact) mass is 250 g/mol. The molecule has 17 heavy (non-hydrogen) atoms. The molecule has 0 fully saturated rings. The van der Waals surface area contributed by atoms with Crippen LogP contribution in [0.15, 0.2) is 42.5 Å². The number of benzene rings is 2. The lowest BCUT2D eigenvalue weighted by atomic mass is 10.2. The van der Waals surface area contributed by atoms with E-state index in [9.17, 15) is 4.39 Å². The van der Waals surface area contributed by atoms with Crippen molar-refractivity contribution in [1.29, 1.82) is 0 Å². The molecule has 2 N–H and O–H groups in total. The molecule has 0 aliphatic rings. The van der Waals surface area contributed by atoms with Crippen LogP contribution in [0, 0.1) is 5.82 Å². The van der Waals surface area contributed by atoms with Gasteiger partial charge in [-0.1, -0.05) is 23.7 Å². The number of rotatable bonds is 2. The van der Waals surface area contributed by atoms with Crippen molar-refractivity contribution in [3.05, 3.63) is 53.3 Å². The predicted molar refractivity (Wildman–Crippen MR) is 70.3 cm³/mol. The molecular formula is C13H12ClFN2. The first-order valence-electron chi connectivity index (χ1n) is 5.13. The van der Waals surface area contributed by atoms with Gasteiger partial charge in [0.15, 0.2) is 0 Å². The summed E-state index contributed by atoms with van der Waals surface area (Å²) in [6, 6.07) is 11.7. The molecule has 0 spiro atoms. The van der Waals surface area contributed by atoms with Gasteiger partial charge in [-0.2, -0.15) is 0 Å². The summed E-state index contributed by atoms with van der Waals surface area (Å²) < 4.78 is 13.6. The Kier molecular flexibility index (Phi) is 3.20. The number of anilines is 3. The molecule has 0 aliphatic carbocycles.